The molecule has 7 heteroatoms. The lowest BCUT2D eigenvalue weighted by atomic mass is 10.1. The van der Waals surface area contributed by atoms with Crippen molar-refractivity contribution in [1.82, 2.24) is 10.2 Å². The molecule has 2 N–H and O–H groups in total. The van der Waals surface area contributed by atoms with Gasteiger partial charge >= 0.3 is 6.18 Å². The molecule has 0 unspecified atom stereocenters. The van der Waals surface area contributed by atoms with Crippen LogP contribution in [0.2, 0.25) is 0 Å². The Kier molecular flexibility index (Phi) is 6.80. The summed E-state index contributed by atoms with van der Waals surface area (Å²) in [6, 6.07) is 14.1. The lowest BCUT2D eigenvalue weighted by Crippen LogP contribution is -2.50. The molecule has 28 heavy (non-hydrogen) atoms. The number of hydrogen-bond donors (Lipinski definition) is 2. The number of benzene rings is 2. The quantitative estimate of drug-likeness (QED) is 0.746. The van der Waals surface area contributed by atoms with E-state index in [1.54, 1.807) is 0 Å². The van der Waals surface area contributed by atoms with Gasteiger partial charge in [0, 0.05) is 38.8 Å². The SMILES string of the molecule is COc1ccc(C(F)(F)F)cc1NCC[C@@H]1CN(Cc2ccccc2)CCN1. The molecule has 3 rings (SSSR count). The highest BCUT2D eigenvalue weighted by molar-refractivity contribution is 5.58. The summed E-state index contributed by atoms with van der Waals surface area (Å²) in [5, 5.41) is 6.60. The molecule has 0 saturated carbocycles. The number of anilines is 1. The maximum atomic E-state index is 13.0. The van der Waals surface area contributed by atoms with E-state index in [0.717, 1.165) is 44.7 Å². The maximum absolute atomic E-state index is 13.0. The van der Waals surface area contributed by atoms with E-state index in [-0.39, 0.29) is 0 Å². The maximum Gasteiger partial charge on any atom is 0.416 e. The minimum Gasteiger partial charge on any atom is -0.495 e. The average molecular weight is 393 g/mol. The van der Waals surface area contributed by atoms with E-state index in [0.29, 0.717) is 24.0 Å². The van der Waals surface area contributed by atoms with E-state index >= 15 is 0 Å². The molecule has 1 fully saturated rings. The van der Waals surface area contributed by atoms with Gasteiger partial charge in [0.05, 0.1) is 18.4 Å². The first kappa shape index (κ1) is 20.5. The Morgan fingerprint density at radius 1 is 1.18 bits per heavy atom. The molecule has 1 heterocycles. The van der Waals surface area contributed by atoms with Gasteiger partial charge in [0.25, 0.3) is 0 Å². The second-order valence-corrected chi connectivity index (χ2v) is 7.00. The molecule has 0 aliphatic carbocycles. The minimum atomic E-state index is -4.37. The van der Waals surface area contributed by atoms with Crippen molar-refractivity contribution in [3.8, 4) is 5.75 Å². The van der Waals surface area contributed by atoms with Gasteiger partial charge in [0.2, 0.25) is 0 Å². The number of ether oxygens (including phenoxy) is 1. The number of alkyl halides is 3. The summed E-state index contributed by atoms with van der Waals surface area (Å²) in [6.45, 7) is 4.28. The molecule has 1 aliphatic heterocycles. The number of rotatable bonds is 7. The van der Waals surface area contributed by atoms with Crippen molar-refractivity contribution in [3.05, 3.63) is 59.7 Å². The molecule has 0 spiro atoms. The largest absolute Gasteiger partial charge is 0.495 e. The topological polar surface area (TPSA) is 36.5 Å². The zero-order valence-corrected chi connectivity index (χ0v) is 15.9. The van der Waals surface area contributed by atoms with Gasteiger partial charge < -0.3 is 15.4 Å². The van der Waals surface area contributed by atoms with Gasteiger partial charge in [0.1, 0.15) is 5.75 Å². The summed E-state index contributed by atoms with van der Waals surface area (Å²) in [5.41, 5.74) is 0.977. The van der Waals surface area contributed by atoms with Crippen molar-refractivity contribution in [2.45, 2.75) is 25.2 Å². The van der Waals surface area contributed by atoms with Crippen molar-refractivity contribution in [2.24, 2.45) is 0 Å². The Labute approximate surface area is 163 Å². The number of nitrogens with one attached hydrogen (secondary N) is 2. The second kappa shape index (κ2) is 9.30. The normalized spacial score (nSPS) is 18.1. The van der Waals surface area contributed by atoms with E-state index in [4.69, 9.17) is 4.74 Å². The Bertz CT molecular complexity index is 752. The van der Waals surface area contributed by atoms with Crippen LogP contribution in [-0.2, 0) is 12.7 Å². The third-order valence-corrected chi connectivity index (χ3v) is 4.92. The van der Waals surface area contributed by atoms with Crippen molar-refractivity contribution >= 4 is 5.69 Å². The molecule has 1 atom stereocenters. The van der Waals surface area contributed by atoms with Crippen LogP contribution in [0.25, 0.3) is 0 Å². The van der Waals surface area contributed by atoms with Crippen LogP contribution in [0.4, 0.5) is 18.9 Å². The van der Waals surface area contributed by atoms with Gasteiger partial charge in [-0.05, 0) is 30.2 Å². The fraction of sp³-hybridized carbons (Fsp3) is 0.429. The minimum absolute atomic E-state index is 0.293. The second-order valence-electron chi connectivity index (χ2n) is 7.00. The van der Waals surface area contributed by atoms with Crippen LogP contribution < -0.4 is 15.4 Å². The first-order valence-corrected chi connectivity index (χ1v) is 9.44. The number of piperazine rings is 1. The van der Waals surface area contributed by atoms with Gasteiger partial charge in [-0.25, -0.2) is 0 Å². The number of hydrogen-bond acceptors (Lipinski definition) is 4. The Balaban J connectivity index is 1.53. The summed E-state index contributed by atoms with van der Waals surface area (Å²) >= 11 is 0. The lowest BCUT2D eigenvalue weighted by molar-refractivity contribution is -0.137. The van der Waals surface area contributed by atoms with Crippen molar-refractivity contribution in [2.75, 3.05) is 38.6 Å². The lowest BCUT2D eigenvalue weighted by Gasteiger charge is -2.34. The van der Waals surface area contributed by atoms with E-state index < -0.39 is 11.7 Å². The predicted molar refractivity (Wildman–Crippen MR) is 105 cm³/mol. The van der Waals surface area contributed by atoms with Crippen LogP contribution in [0, 0.1) is 0 Å². The third kappa shape index (κ3) is 5.62. The van der Waals surface area contributed by atoms with E-state index in [1.165, 1.54) is 18.7 Å². The van der Waals surface area contributed by atoms with Gasteiger partial charge in [-0.3, -0.25) is 4.90 Å². The first-order valence-electron chi connectivity index (χ1n) is 9.44. The number of halogens is 3. The Morgan fingerprint density at radius 2 is 1.96 bits per heavy atom. The molecular formula is C21H26F3N3O. The van der Waals surface area contributed by atoms with Crippen molar-refractivity contribution in [3.63, 3.8) is 0 Å². The van der Waals surface area contributed by atoms with Gasteiger partial charge in [0.15, 0.2) is 0 Å². The van der Waals surface area contributed by atoms with Crippen LogP contribution in [0.1, 0.15) is 17.5 Å². The zero-order chi connectivity index (χ0) is 20.0. The molecule has 0 bridgehead atoms. The third-order valence-electron chi connectivity index (χ3n) is 4.92. The summed E-state index contributed by atoms with van der Waals surface area (Å²) < 4.78 is 44.0. The fourth-order valence-electron chi connectivity index (χ4n) is 3.48. The smallest absolute Gasteiger partial charge is 0.416 e. The molecule has 4 nitrogen and oxygen atoms in total. The molecule has 1 aliphatic rings. The zero-order valence-electron chi connectivity index (χ0n) is 15.9. The predicted octanol–water partition coefficient (Wildman–Crippen LogP) is 3.99. The van der Waals surface area contributed by atoms with Crippen LogP contribution >= 0.6 is 0 Å². The monoisotopic (exact) mass is 393 g/mol. The van der Waals surface area contributed by atoms with Crippen molar-refractivity contribution < 1.29 is 17.9 Å². The van der Waals surface area contributed by atoms with Crippen LogP contribution in [0.3, 0.4) is 0 Å². The summed E-state index contributed by atoms with van der Waals surface area (Å²) in [6.07, 6.45) is -3.56. The molecule has 0 aromatic heterocycles. The highest BCUT2D eigenvalue weighted by Gasteiger charge is 2.31. The molecule has 0 radical (unpaired) electrons. The van der Waals surface area contributed by atoms with Crippen molar-refractivity contribution in [1.29, 1.82) is 0 Å². The first-order chi connectivity index (χ1) is 13.5. The average Bonchev–Trinajstić information content (AvgIpc) is 2.68. The van der Waals surface area contributed by atoms with Gasteiger partial charge in [-0.2, -0.15) is 13.2 Å². The van der Waals surface area contributed by atoms with Gasteiger partial charge in [-0.15, -0.1) is 0 Å². The number of methoxy groups -OCH3 is 1. The van der Waals surface area contributed by atoms with Crippen LogP contribution in [-0.4, -0.2) is 44.2 Å². The Hall–Kier alpha value is -2.25. The highest BCUT2D eigenvalue weighted by atomic mass is 19.4. The summed E-state index contributed by atoms with van der Waals surface area (Å²) in [5.74, 6) is 0.412. The molecular weight excluding hydrogens is 367 g/mol. The molecule has 0 amide bonds. The molecule has 2 aromatic rings. The van der Waals surface area contributed by atoms with E-state index in [1.807, 2.05) is 18.2 Å². The standard InChI is InChI=1S/C21H26F3N3O/c1-28-20-8-7-17(21(22,23)24)13-19(20)26-10-9-18-15-27(12-11-25-18)14-16-5-3-2-4-6-16/h2-8,13,18,25-26H,9-12,14-15H2,1H3/t18-/m1/s1. The molecule has 1 saturated heterocycles. The highest BCUT2D eigenvalue weighted by Crippen LogP contribution is 2.34. The molecule has 152 valence electrons. The fourth-order valence-corrected chi connectivity index (χ4v) is 3.48. The molecule has 2 aromatic carbocycles. The van der Waals surface area contributed by atoms with E-state index in [9.17, 15) is 13.2 Å². The number of nitrogens with zero attached hydrogens (tertiary/aromatic N) is 1. The van der Waals surface area contributed by atoms with Crippen LogP contribution in [0.5, 0.6) is 5.75 Å². The Morgan fingerprint density at radius 3 is 2.68 bits per heavy atom. The van der Waals surface area contributed by atoms with E-state index in [2.05, 4.69) is 27.7 Å². The van der Waals surface area contributed by atoms with Gasteiger partial charge in [-0.1, -0.05) is 30.3 Å². The summed E-state index contributed by atoms with van der Waals surface area (Å²) in [4.78, 5) is 2.40. The summed E-state index contributed by atoms with van der Waals surface area (Å²) in [7, 11) is 1.46. The van der Waals surface area contributed by atoms with Crippen LogP contribution in [0.15, 0.2) is 48.5 Å².